The average molecular weight is 299 g/mol. The molecular formula is C12H15ClN4OS. The number of anilines is 1. The van der Waals surface area contributed by atoms with E-state index in [4.69, 9.17) is 11.6 Å². The predicted octanol–water partition coefficient (Wildman–Crippen LogP) is 2.55. The largest absolute Gasteiger partial charge is 0.376 e. The molecule has 0 fully saturated rings. The fourth-order valence-corrected chi connectivity index (χ4v) is 2.59. The van der Waals surface area contributed by atoms with Gasteiger partial charge in [0, 0.05) is 17.6 Å². The molecule has 2 heterocycles. The second-order valence-corrected chi connectivity index (χ2v) is 5.50. The summed E-state index contributed by atoms with van der Waals surface area (Å²) < 4.78 is 1.33. The Labute approximate surface area is 120 Å². The standard InChI is InChI=1S/C12H15ClN4OS/c1-3-8-5-15-10(19-8)7-14-9-6-16-17(4-2)12(18)11(9)13/h5-6,14H,3-4,7H2,1-2H3. The third-order valence-electron chi connectivity index (χ3n) is 2.66. The van der Waals surface area contributed by atoms with Crippen LogP contribution in [-0.2, 0) is 19.5 Å². The van der Waals surface area contributed by atoms with Gasteiger partial charge >= 0.3 is 0 Å². The van der Waals surface area contributed by atoms with Crippen molar-refractivity contribution in [3.05, 3.63) is 37.7 Å². The van der Waals surface area contributed by atoms with Gasteiger partial charge in [0.2, 0.25) is 0 Å². The first-order valence-electron chi connectivity index (χ1n) is 6.08. The lowest BCUT2D eigenvalue weighted by atomic mass is 10.4. The Morgan fingerprint density at radius 2 is 2.21 bits per heavy atom. The Bertz CT molecular complexity index is 622. The third-order valence-corrected chi connectivity index (χ3v) is 4.17. The molecular weight excluding hydrogens is 284 g/mol. The molecule has 0 unspecified atom stereocenters. The monoisotopic (exact) mass is 298 g/mol. The smallest absolute Gasteiger partial charge is 0.287 e. The van der Waals surface area contributed by atoms with E-state index in [1.165, 1.54) is 9.56 Å². The van der Waals surface area contributed by atoms with Crippen molar-refractivity contribution in [2.45, 2.75) is 33.4 Å². The van der Waals surface area contributed by atoms with Crippen LogP contribution in [0.3, 0.4) is 0 Å². The van der Waals surface area contributed by atoms with Crippen LogP contribution in [0.25, 0.3) is 0 Å². The highest BCUT2D eigenvalue weighted by atomic mass is 35.5. The highest BCUT2D eigenvalue weighted by Crippen LogP contribution is 2.18. The summed E-state index contributed by atoms with van der Waals surface area (Å²) in [5.41, 5.74) is 0.271. The maximum absolute atomic E-state index is 11.8. The molecule has 0 saturated carbocycles. The molecule has 19 heavy (non-hydrogen) atoms. The van der Waals surface area contributed by atoms with Crippen LogP contribution in [-0.4, -0.2) is 14.8 Å². The zero-order chi connectivity index (χ0) is 13.8. The Hall–Kier alpha value is -1.40. The molecule has 0 aliphatic heterocycles. The summed E-state index contributed by atoms with van der Waals surface area (Å²) in [4.78, 5) is 17.3. The van der Waals surface area contributed by atoms with Crippen molar-refractivity contribution in [2.75, 3.05) is 5.32 Å². The van der Waals surface area contributed by atoms with Gasteiger partial charge < -0.3 is 5.32 Å². The molecule has 2 aromatic rings. The Morgan fingerprint density at radius 3 is 2.84 bits per heavy atom. The molecule has 0 saturated heterocycles. The maximum atomic E-state index is 11.8. The summed E-state index contributed by atoms with van der Waals surface area (Å²) >= 11 is 7.67. The molecule has 0 aliphatic rings. The molecule has 0 radical (unpaired) electrons. The summed E-state index contributed by atoms with van der Waals surface area (Å²) in [5.74, 6) is 0. The Balaban J connectivity index is 2.11. The highest BCUT2D eigenvalue weighted by molar-refractivity contribution is 7.11. The van der Waals surface area contributed by atoms with Crippen LogP contribution in [0.5, 0.6) is 0 Å². The summed E-state index contributed by atoms with van der Waals surface area (Å²) in [6.45, 7) is 4.99. The molecule has 0 aliphatic carbocycles. The van der Waals surface area contributed by atoms with Crippen molar-refractivity contribution in [2.24, 2.45) is 0 Å². The molecule has 5 nitrogen and oxygen atoms in total. The molecule has 1 N–H and O–H groups in total. The zero-order valence-electron chi connectivity index (χ0n) is 10.8. The number of rotatable bonds is 5. The van der Waals surface area contributed by atoms with Gasteiger partial charge in [-0.05, 0) is 13.3 Å². The van der Waals surface area contributed by atoms with E-state index in [0.717, 1.165) is 11.4 Å². The van der Waals surface area contributed by atoms with Gasteiger partial charge in [0.05, 0.1) is 18.4 Å². The number of aromatic nitrogens is 3. The molecule has 0 bridgehead atoms. The minimum atomic E-state index is -0.275. The van der Waals surface area contributed by atoms with Crippen LogP contribution in [0.2, 0.25) is 5.02 Å². The van der Waals surface area contributed by atoms with Crippen LogP contribution in [0.4, 0.5) is 5.69 Å². The first-order chi connectivity index (χ1) is 9.15. The van der Waals surface area contributed by atoms with Crippen molar-refractivity contribution < 1.29 is 0 Å². The van der Waals surface area contributed by atoms with Crippen LogP contribution >= 0.6 is 22.9 Å². The highest BCUT2D eigenvalue weighted by Gasteiger charge is 2.09. The van der Waals surface area contributed by atoms with E-state index in [1.54, 1.807) is 17.5 Å². The van der Waals surface area contributed by atoms with Gasteiger partial charge in [-0.3, -0.25) is 4.79 Å². The lowest BCUT2D eigenvalue weighted by molar-refractivity contribution is 0.616. The maximum Gasteiger partial charge on any atom is 0.287 e. The molecule has 0 atom stereocenters. The number of halogens is 1. The van der Waals surface area contributed by atoms with E-state index in [2.05, 4.69) is 22.3 Å². The van der Waals surface area contributed by atoms with Crippen LogP contribution in [0, 0.1) is 0 Å². The van der Waals surface area contributed by atoms with E-state index in [-0.39, 0.29) is 10.6 Å². The number of hydrogen-bond acceptors (Lipinski definition) is 5. The fourth-order valence-electron chi connectivity index (χ4n) is 1.58. The molecule has 0 amide bonds. The SMILES string of the molecule is CCc1cnc(CNc2cnn(CC)c(=O)c2Cl)s1. The first-order valence-corrected chi connectivity index (χ1v) is 7.28. The minimum Gasteiger partial charge on any atom is -0.376 e. The van der Waals surface area contributed by atoms with Crippen LogP contribution in [0.15, 0.2) is 17.2 Å². The number of nitrogens with zero attached hydrogens (tertiary/aromatic N) is 3. The molecule has 0 spiro atoms. The van der Waals surface area contributed by atoms with E-state index in [9.17, 15) is 4.79 Å². The van der Waals surface area contributed by atoms with E-state index in [1.807, 2.05) is 13.1 Å². The van der Waals surface area contributed by atoms with Crippen molar-refractivity contribution >= 4 is 28.6 Å². The number of aryl methyl sites for hydroxylation is 2. The topological polar surface area (TPSA) is 59.8 Å². The predicted molar refractivity (Wildman–Crippen MR) is 78.0 cm³/mol. The lowest BCUT2D eigenvalue weighted by Crippen LogP contribution is -2.23. The van der Waals surface area contributed by atoms with Crippen molar-refractivity contribution in [3.8, 4) is 0 Å². The number of thiazole rings is 1. The minimum absolute atomic E-state index is 0.170. The van der Waals surface area contributed by atoms with Gasteiger partial charge in [0.15, 0.2) is 0 Å². The van der Waals surface area contributed by atoms with Crippen molar-refractivity contribution in [1.29, 1.82) is 0 Å². The molecule has 2 rings (SSSR count). The summed E-state index contributed by atoms with van der Waals surface area (Å²) in [6, 6.07) is 0. The fraction of sp³-hybridized carbons (Fsp3) is 0.417. The second-order valence-electron chi connectivity index (χ2n) is 3.92. The molecule has 102 valence electrons. The second kappa shape index (κ2) is 6.16. The Kier molecular flexibility index (Phi) is 4.55. The van der Waals surface area contributed by atoms with Gasteiger partial charge in [0.25, 0.3) is 5.56 Å². The summed E-state index contributed by atoms with van der Waals surface area (Å²) in [6.07, 6.45) is 4.42. The summed E-state index contributed by atoms with van der Waals surface area (Å²) in [5, 5.41) is 8.27. The normalized spacial score (nSPS) is 10.7. The zero-order valence-corrected chi connectivity index (χ0v) is 12.4. The molecule has 7 heteroatoms. The van der Waals surface area contributed by atoms with E-state index >= 15 is 0 Å². The molecule has 0 aromatic carbocycles. The van der Waals surface area contributed by atoms with Gasteiger partial charge in [-0.1, -0.05) is 18.5 Å². The molecule has 2 aromatic heterocycles. The van der Waals surface area contributed by atoms with Gasteiger partial charge in [-0.2, -0.15) is 5.10 Å². The number of nitrogens with one attached hydrogen (secondary N) is 1. The van der Waals surface area contributed by atoms with Crippen LogP contribution in [0.1, 0.15) is 23.7 Å². The average Bonchev–Trinajstić information content (AvgIpc) is 2.88. The van der Waals surface area contributed by atoms with Gasteiger partial charge in [-0.15, -0.1) is 11.3 Å². The van der Waals surface area contributed by atoms with E-state index in [0.29, 0.717) is 18.8 Å². The van der Waals surface area contributed by atoms with E-state index < -0.39 is 0 Å². The first kappa shape index (κ1) is 14.0. The van der Waals surface area contributed by atoms with Gasteiger partial charge in [0.1, 0.15) is 10.0 Å². The lowest BCUT2D eigenvalue weighted by Gasteiger charge is -2.07. The Morgan fingerprint density at radius 1 is 1.42 bits per heavy atom. The third kappa shape index (κ3) is 3.13. The summed E-state index contributed by atoms with van der Waals surface area (Å²) in [7, 11) is 0. The van der Waals surface area contributed by atoms with Gasteiger partial charge in [-0.25, -0.2) is 9.67 Å². The number of hydrogen-bond donors (Lipinski definition) is 1. The van der Waals surface area contributed by atoms with Crippen molar-refractivity contribution in [3.63, 3.8) is 0 Å². The quantitative estimate of drug-likeness (QED) is 0.921. The van der Waals surface area contributed by atoms with Crippen molar-refractivity contribution in [1.82, 2.24) is 14.8 Å². The van der Waals surface area contributed by atoms with Crippen LogP contribution < -0.4 is 10.9 Å².